The number of amides is 1. The van der Waals surface area contributed by atoms with Crippen LogP contribution in [-0.4, -0.2) is 16.8 Å². The topological polar surface area (TPSA) is 29.1 Å². The summed E-state index contributed by atoms with van der Waals surface area (Å²) in [5.74, 6) is 0.0128. The number of carbonyl (C=O) groups excluding carboxylic acids is 1. The minimum atomic E-state index is -0.0492. The van der Waals surface area contributed by atoms with Crippen LogP contribution in [0.15, 0.2) is 28.7 Å². The predicted molar refractivity (Wildman–Crippen MR) is 76.6 cm³/mol. The summed E-state index contributed by atoms with van der Waals surface area (Å²) in [6.07, 6.45) is 4.52. The van der Waals surface area contributed by atoms with Gasteiger partial charge in [-0.05, 0) is 40.9 Å². The van der Waals surface area contributed by atoms with Gasteiger partial charge in [-0.15, -0.1) is 0 Å². The van der Waals surface area contributed by atoms with Crippen molar-refractivity contribution in [2.24, 2.45) is 0 Å². The summed E-state index contributed by atoms with van der Waals surface area (Å²) in [6, 6.07) is 7.53. The van der Waals surface area contributed by atoms with Gasteiger partial charge in [0.2, 0.25) is 0 Å². The molecule has 0 aromatic heterocycles. The minimum Gasteiger partial charge on any atom is -0.346 e. The maximum atomic E-state index is 12.2. The fourth-order valence-corrected chi connectivity index (χ4v) is 3.46. The first-order valence-corrected chi connectivity index (χ1v) is 7.71. The van der Waals surface area contributed by atoms with Gasteiger partial charge in [0, 0.05) is 9.80 Å². The van der Waals surface area contributed by atoms with Crippen molar-refractivity contribution in [3.05, 3.63) is 34.3 Å². The summed E-state index contributed by atoms with van der Waals surface area (Å²) in [6.45, 7) is 0. The van der Waals surface area contributed by atoms with E-state index in [-0.39, 0.29) is 11.4 Å². The normalized spacial score (nSPS) is 18.0. The van der Waals surface area contributed by atoms with Crippen molar-refractivity contribution in [3.63, 3.8) is 0 Å². The van der Waals surface area contributed by atoms with Crippen LogP contribution in [0.5, 0.6) is 0 Å². The molecule has 0 saturated heterocycles. The summed E-state index contributed by atoms with van der Waals surface area (Å²) >= 11 is 6.94. The molecule has 4 heteroatoms. The molecule has 0 unspecified atom stereocenters. The molecule has 17 heavy (non-hydrogen) atoms. The van der Waals surface area contributed by atoms with Gasteiger partial charge in [-0.25, -0.2) is 0 Å². The highest BCUT2D eigenvalue weighted by Gasteiger charge is 2.34. The Bertz CT molecular complexity index is 414. The van der Waals surface area contributed by atoms with Gasteiger partial charge in [0.1, 0.15) is 0 Å². The van der Waals surface area contributed by atoms with Gasteiger partial charge >= 0.3 is 0 Å². The number of carbonyl (C=O) groups is 1. The number of halogens is 2. The highest BCUT2D eigenvalue weighted by atomic mass is 79.9. The number of hydrogen-bond donors (Lipinski definition) is 1. The molecule has 1 aliphatic carbocycles. The Labute approximate surface area is 118 Å². The summed E-state index contributed by atoms with van der Waals surface area (Å²) in [5.41, 5.74) is 0.659. The van der Waals surface area contributed by atoms with E-state index >= 15 is 0 Å². The lowest BCUT2D eigenvalue weighted by Crippen LogP contribution is -2.47. The van der Waals surface area contributed by atoms with E-state index in [0.717, 1.165) is 22.6 Å². The molecule has 2 rings (SSSR count). The Hall–Kier alpha value is -0.350. The lowest BCUT2D eigenvalue weighted by Gasteiger charge is -2.28. The Kier molecular flexibility index (Phi) is 4.26. The van der Waals surface area contributed by atoms with Gasteiger partial charge in [-0.2, -0.15) is 0 Å². The van der Waals surface area contributed by atoms with Crippen molar-refractivity contribution in [2.45, 2.75) is 31.2 Å². The van der Waals surface area contributed by atoms with Crippen LogP contribution in [0.4, 0.5) is 0 Å². The third kappa shape index (κ3) is 2.91. The molecule has 0 atom stereocenters. The van der Waals surface area contributed by atoms with Crippen molar-refractivity contribution in [1.29, 1.82) is 0 Å². The van der Waals surface area contributed by atoms with Crippen LogP contribution in [-0.2, 0) is 0 Å². The second-order valence-corrected chi connectivity index (χ2v) is 5.97. The van der Waals surface area contributed by atoms with Gasteiger partial charge in [-0.1, -0.05) is 40.9 Å². The SMILES string of the molecule is O=C(NC1(CBr)CCCC1)c1ccccc1Br. The molecule has 0 spiro atoms. The molecule has 1 aromatic carbocycles. The van der Waals surface area contributed by atoms with Crippen LogP contribution in [0.1, 0.15) is 36.0 Å². The molecular weight excluding hydrogens is 346 g/mol. The minimum absolute atomic E-state index is 0.0128. The van der Waals surface area contributed by atoms with E-state index in [9.17, 15) is 4.79 Å². The van der Waals surface area contributed by atoms with Gasteiger partial charge < -0.3 is 5.32 Å². The van der Waals surface area contributed by atoms with Crippen molar-refractivity contribution >= 4 is 37.8 Å². The van der Waals surface area contributed by atoms with E-state index in [1.807, 2.05) is 24.3 Å². The van der Waals surface area contributed by atoms with Crippen molar-refractivity contribution in [1.82, 2.24) is 5.32 Å². The zero-order valence-corrected chi connectivity index (χ0v) is 12.7. The fraction of sp³-hybridized carbons (Fsp3) is 0.462. The standard InChI is InChI=1S/C13H15Br2NO/c14-9-13(7-3-4-8-13)16-12(17)10-5-1-2-6-11(10)15/h1-2,5-6H,3-4,7-9H2,(H,16,17). The molecule has 0 heterocycles. The molecule has 0 aliphatic heterocycles. The molecule has 2 nitrogen and oxygen atoms in total. The summed E-state index contributed by atoms with van der Waals surface area (Å²) < 4.78 is 0.847. The Morgan fingerprint density at radius 1 is 1.29 bits per heavy atom. The van der Waals surface area contributed by atoms with Crippen molar-refractivity contribution < 1.29 is 4.79 Å². The monoisotopic (exact) mass is 359 g/mol. The first-order chi connectivity index (χ1) is 8.17. The van der Waals surface area contributed by atoms with Crippen LogP contribution in [0, 0.1) is 0 Å². The number of alkyl halides is 1. The quantitative estimate of drug-likeness (QED) is 0.814. The first-order valence-electron chi connectivity index (χ1n) is 5.80. The van der Waals surface area contributed by atoms with Crippen LogP contribution >= 0.6 is 31.9 Å². The molecule has 1 aliphatic rings. The predicted octanol–water partition coefficient (Wildman–Crippen LogP) is 3.89. The molecule has 1 fully saturated rings. The average Bonchev–Trinajstić information content (AvgIpc) is 2.79. The summed E-state index contributed by atoms with van der Waals surface area (Å²) in [7, 11) is 0. The number of rotatable bonds is 3. The molecular formula is C13H15Br2NO. The molecule has 1 N–H and O–H groups in total. The first kappa shape index (κ1) is 13.1. The van der Waals surface area contributed by atoms with E-state index < -0.39 is 0 Å². The molecule has 0 radical (unpaired) electrons. The van der Waals surface area contributed by atoms with Crippen LogP contribution in [0.3, 0.4) is 0 Å². The lowest BCUT2D eigenvalue weighted by atomic mass is 10.00. The number of hydrogen-bond acceptors (Lipinski definition) is 1. The highest BCUT2D eigenvalue weighted by Crippen LogP contribution is 2.31. The van der Waals surface area contributed by atoms with Crippen molar-refractivity contribution in [2.75, 3.05) is 5.33 Å². The number of benzene rings is 1. The zero-order chi connectivity index (χ0) is 12.3. The third-order valence-electron chi connectivity index (χ3n) is 3.31. The molecule has 1 saturated carbocycles. The second-order valence-electron chi connectivity index (χ2n) is 4.56. The average molecular weight is 361 g/mol. The van der Waals surface area contributed by atoms with Crippen LogP contribution in [0.2, 0.25) is 0 Å². The van der Waals surface area contributed by atoms with Gasteiger partial charge in [0.15, 0.2) is 0 Å². The lowest BCUT2D eigenvalue weighted by molar-refractivity contribution is 0.0909. The summed E-state index contributed by atoms with van der Waals surface area (Å²) in [5, 5.41) is 4.01. The van der Waals surface area contributed by atoms with Gasteiger partial charge in [0.05, 0.1) is 11.1 Å². The van der Waals surface area contributed by atoms with E-state index in [0.29, 0.717) is 5.56 Å². The zero-order valence-electron chi connectivity index (χ0n) is 9.51. The van der Waals surface area contributed by atoms with E-state index in [1.54, 1.807) is 0 Å². The smallest absolute Gasteiger partial charge is 0.252 e. The molecule has 1 amide bonds. The van der Waals surface area contributed by atoms with E-state index in [4.69, 9.17) is 0 Å². The van der Waals surface area contributed by atoms with E-state index in [1.165, 1.54) is 12.8 Å². The Balaban J connectivity index is 2.14. The third-order valence-corrected chi connectivity index (χ3v) is 5.08. The van der Waals surface area contributed by atoms with Crippen LogP contribution < -0.4 is 5.32 Å². The van der Waals surface area contributed by atoms with E-state index in [2.05, 4.69) is 37.2 Å². The summed E-state index contributed by atoms with van der Waals surface area (Å²) in [4.78, 5) is 12.2. The second kappa shape index (κ2) is 5.53. The van der Waals surface area contributed by atoms with Gasteiger partial charge in [-0.3, -0.25) is 4.79 Å². The molecule has 1 aromatic rings. The van der Waals surface area contributed by atoms with Gasteiger partial charge in [0.25, 0.3) is 5.91 Å². The van der Waals surface area contributed by atoms with Crippen molar-refractivity contribution in [3.8, 4) is 0 Å². The fourth-order valence-electron chi connectivity index (χ4n) is 2.30. The maximum absolute atomic E-state index is 12.2. The Morgan fingerprint density at radius 2 is 1.94 bits per heavy atom. The highest BCUT2D eigenvalue weighted by molar-refractivity contribution is 9.10. The van der Waals surface area contributed by atoms with Crippen LogP contribution in [0.25, 0.3) is 0 Å². The molecule has 92 valence electrons. The Morgan fingerprint density at radius 3 is 2.53 bits per heavy atom. The largest absolute Gasteiger partial charge is 0.346 e. The maximum Gasteiger partial charge on any atom is 0.252 e. The number of nitrogens with one attached hydrogen (secondary N) is 1. The molecule has 0 bridgehead atoms.